The Balaban J connectivity index is 2.37. The maximum Gasteiger partial charge on any atom is 0.341 e. The lowest BCUT2D eigenvalue weighted by atomic mass is 10.2. The van der Waals surface area contributed by atoms with Crippen LogP contribution < -0.4 is 0 Å². The standard InChI is InChI=1S/C16H16O6S2/c1-3-13-4-6-14(7-5-13)23(18,19)15-8-10-16(11-9-15)24(20,21)22-12(2)17/h4-11H,3H2,1-2H3. The van der Waals surface area contributed by atoms with E-state index in [-0.39, 0.29) is 14.7 Å². The normalized spacial score (nSPS) is 11.9. The first kappa shape index (κ1) is 18.2. The number of carbonyl (C=O) groups excluding carboxylic acids is 1. The van der Waals surface area contributed by atoms with E-state index in [1.807, 2.05) is 6.92 Å². The Labute approximate surface area is 141 Å². The molecule has 0 radical (unpaired) electrons. The number of aryl methyl sites for hydroxylation is 1. The van der Waals surface area contributed by atoms with E-state index >= 15 is 0 Å². The van der Waals surface area contributed by atoms with Crippen LogP contribution in [-0.4, -0.2) is 22.8 Å². The van der Waals surface area contributed by atoms with Crippen molar-refractivity contribution >= 4 is 25.9 Å². The van der Waals surface area contributed by atoms with Crippen LogP contribution in [0.3, 0.4) is 0 Å². The number of carbonyl (C=O) groups is 1. The molecular formula is C16H16O6S2. The van der Waals surface area contributed by atoms with Crippen molar-refractivity contribution < 1.29 is 25.8 Å². The van der Waals surface area contributed by atoms with Gasteiger partial charge in [-0.15, -0.1) is 0 Å². The lowest BCUT2D eigenvalue weighted by Crippen LogP contribution is -2.10. The van der Waals surface area contributed by atoms with E-state index in [1.165, 1.54) is 24.3 Å². The average molecular weight is 368 g/mol. The molecule has 8 heteroatoms. The van der Waals surface area contributed by atoms with Gasteiger partial charge in [-0.1, -0.05) is 19.1 Å². The predicted octanol–water partition coefficient (Wildman–Crippen LogP) is 2.33. The summed E-state index contributed by atoms with van der Waals surface area (Å²) in [5.41, 5.74) is 1.01. The molecule has 0 bridgehead atoms. The zero-order valence-electron chi connectivity index (χ0n) is 13.1. The number of benzene rings is 2. The van der Waals surface area contributed by atoms with Crippen molar-refractivity contribution in [3.63, 3.8) is 0 Å². The summed E-state index contributed by atoms with van der Waals surface area (Å²) in [6.07, 6.45) is 0.795. The van der Waals surface area contributed by atoms with Gasteiger partial charge in [0.25, 0.3) is 0 Å². The first-order chi connectivity index (χ1) is 11.2. The summed E-state index contributed by atoms with van der Waals surface area (Å²) in [4.78, 5) is 10.6. The molecule has 0 saturated heterocycles. The predicted molar refractivity (Wildman–Crippen MR) is 86.7 cm³/mol. The van der Waals surface area contributed by atoms with E-state index < -0.39 is 25.9 Å². The van der Waals surface area contributed by atoms with E-state index in [9.17, 15) is 21.6 Å². The van der Waals surface area contributed by atoms with Crippen molar-refractivity contribution in [2.45, 2.75) is 35.0 Å². The van der Waals surface area contributed by atoms with E-state index in [0.29, 0.717) is 0 Å². The van der Waals surface area contributed by atoms with Gasteiger partial charge in [0.1, 0.15) is 4.90 Å². The van der Waals surface area contributed by atoms with E-state index in [4.69, 9.17) is 0 Å². The van der Waals surface area contributed by atoms with Crippen LogP contribution in [0.25, 0.3) is 0 Å². The number of hydrogen-bond acceptors (Lipinski definition) is 6. The first-order valence-electron chi connectivity index (χ1n) is 7.06. The molecule has 0 fully saturated rings. The van der Waals surface area contributed by atoms with Gasteiger partial charge in [-0.3, -0.25) is 4.79 Å². The molecule has 0 unspecified atom stereocenters. The van der Waals surface area contributed by atoms with Gasteiger partial charge in [0.15, 0.2) is 0 Å². The molecule has 2 aromatic rings. The smallest absolute Gasteiger partial charge is 0.341 e. The molecule has 128 valence electrons. The fourth-order valence-corrected chi connectivity index (χ4v) is 4.16. The lowest BCUT2D eigenvalue weighted by molar-refractivity contribution is -0.131. The number of hydrogen-bond donors (Lipinski definition) is 0. The van der Waals surface area contributed by atoms with Crippen molar-refractivity contribution in [3.8, 4) is 0 Å². The molecule has 0 aliphatic heterocycles. The Morgan fingerprint density at radius 2 is 1.25 bits per heavy atom. The van der Waals surface area contributed by atoms with Crippen LogP contribution in [-0.2, 0) is 35.4 Å². The summed E-state index contributed by atoms with van der Waals surface area (Å²) in [5.74, 6) is -0.970. The fourth-order valence-electron chi connectivity index (χ4n) is 2.03. The van der Waals surface area contributed by atoms with E-state index in [2.05, 4.69) is 4.18 Å². The minimum Gasteiger partial charge on any atom is -0.343 e. The quantitative estimate of drug-likeness (QED) is 0.752. The van der Waals surface area contributed by atoms with E-state index in [0.717, 1.165) is 31.0 Å². The largest absolute Gasteiger partial charge is 0.343 e. The summed E-state index contributed by atoms with van der Waals surface area (Å²) in [6, 6.07) is 11.0. The Bertz CT molecular complexity index is 941. The highest BCUT2D eigenvalue weighted by atomic mass is 32.2. The lowest BCUT2D eigenvalue weighted by Gasteiger charge is -2.07. The summed E-state index contributed by atoms with van der Waals surface area (Å²) in [6.45, 7) is 2.93. The maximum absolute atomic E-state index is 12.5. The fraction of sp³-hybridized carbons (Fsp3) is 0.188. The molecule has 0 heterocycles. The Morgan fingerprint density at radius 1 is 0.833 bits per heavy atom. The number of rotatable bonds is 5. The molecular weight excluding hydrogens is 352 g/mol. The van der Waals surface area contributed by atoms with Crippen LogP contribution >= 0.6 is 0 Å². The Morgan fingerprint density at radius 3 is 1.67 bits per heavy atom. The molecule has 2 rings (SSSR count). The molecule has 0 aliphatic carbocycles. The summed E-state index contributed by atoms with van der Waals surface area (Å²) >= 11 is 0. The highest BCUT2D eigenvalue weighted by Crippen LogP contribution is 2.23. The monoisotopic (exact) mass is 368 g/mol. The third-order valence-electron chi connectivity index (χ3n) is 3.29. The topological polar surface area (TPSA) is 94.6 Å². The van der Waals surface area contributed by atoms with Gasteiger partial charge >= 0.3 is 16.1 Å². The second-order valence-electron chi connectivity index (χ2n) is 5.00. The second-order valence-corrected chi connectivity index (χ2v) is 8.50. The highest BCUT2D eigenvalue weighted by molar-refractivity contribution is 7.91. The van der Waals surface area contributed by atoms with Crippen molar-refractivity contribution in [2.24, 2.45) is 0 Å². The van der Waals surface area contributed by atoms with Gasteiger partial charge in [-0.05, 0) is 48.4 Å². The van der Waals surface area contributed by atoms with Gasteiger partial charge in [0.2, 0.25) is 9.84 Å². The van der Waals surface area contributed by atoms with Crippen molar-refractivity contribution in [1.29, 1.82) is 0 Å². The first-order valence-corrected chi connectivity index (χ1v) is 9.95. The molecule has 2 aromatic carbocycles. The van der Waals surface area contributed by atoms with Gasteiger partial charge in [-0.2, -0.15) is 8.42 Å². The van der Waals surface area contributed by atoms with Gasteiger partial charge in [0, 0.05) is 6.92 Å². The van der Waals surface area contributed by atoms with Crippen LogP contribution in [0.5, 0.6) is 0 Å². The van der Waals surface area contributed by atoms with Crippen molar-refractivity contribution in [3.05, 3.63) is 54.1 Å². The van der Waals surface area contributed by atoms with Crippen molar-refractivity contribution in [2.75, 3.05) is 0 Å². The molecule has 0 spiro atoms. The third-order valence-corrected chi connectivity index (χ3v) is 6.38. The van der Waals surface area contributed by atoms with Crippen LogP contribution in [0.4, 0.5) is 0 Å². The summed E-state index contributed by atoms with van der Waals surface area (Å²) < 4.78 is 52.8. The van der Waals surface area contributed by atoms with Crippen LogP contribution in [0.2, 0.25) is 0 Å². The molecule has 24 heavy (non-hydrogen) atoms. The van der Waals surface area contributed by atoms with Crippen LogP contribution in [0.1, 0.15) is 19.4 Å². The van der Waals surface area contributed by atoms with E-state index in [1.54, 1.807) is 12.1 Å². The Kier molecular flexibility index (Phi) is 5.10. The van der Waals surface area contributed by atoms with Gasteiger partial charge < -0.3 is 4.18 Å². The molecule has 0 atom stereocenters. The Hall–Kier alpha value is -2.19. The highest BCUT2D eigenvalue weighted by Gasteiger charge is 2.21. The SMILES string of the molecule is CCc1ccc(S(=O)(=O)c2ccc(S(=O)(=O)OC(C)=O)cc2)cc1. The minimum absolute atomic E-state index is 0.0477. The molecule has 0 N–H and O–H groups in total. The molecule has 0 aromatic heterocycles. The zero-order valence-corrected chi connectivity index (χ0v) is 14.7. The van der Waals surface area contributed by atoms with Crippen LogP contribution in [0, 0.1) is 0 Å². The molecule has 0 aliphatic rings. The van der Waals surface area contributed by atoms with Crippen LogP contribution in [0.15, 0.2) is 63.2 Å². The zero-order chi connectivity index (χ0) is 18.0. The van der Waals surface area contributed by atoms with Gasteiger partial charge in [0.05, 0.1) is 9.79 Å². The minimum atomic E-state index is -4.24. The number of sulfone groups is 1. The molecule has 6 nitrogen and oxygen atoms in total. The third kappa shape index (κ3) is 3.82. The second kappa shape index (κ2) is 6.74. The molecule has 0 amide bonds. The average Bonchev–Trinajstić information content (AvgIpc) is 2.54. The summed E-state index contributed by atoms with van der Waals surface area (Å²) in [5, 5.41) is 0. The maximum atomic E-state index is 12.5. The molecule has 0 saturated carbocycles. The van der Waals surface area contributed by atoms with Gasteiger partial charge in [-0.25, -0.2) is 8.42 Å². The summed E-state index contributed by atoms with van der Waals surface area (Å²) in [7, 11) is -7.99. The van der Waals surface area contributed by atoms with Crippen molar-refractivity contribution in [1.82, 2.24) is 0 Å².